The standard InChI is InChI=1S/C26H23N3O3S/c1-2-21(24(30)27-20-15-9-14-19(16-20)25(31)32)33-26-28-22(17-10-5-3-6-11-17)23(29-26)18-12-7-4-8-13-18/h3-16,21H,2H2,1H3,(H,27,30)(H,28,29)(H,31,32). The summed E-state index contributed by atoms with van der Waals surface area (Å²) in [4.78, 5) is 32.4. The lowest BCUT2D eigenvalue weighted by molar-refractivity contribution is -0.115. The molecule has 0 fully saturated rings. The Morgan fingerprint density at radius 2 is 1.64 bits per heavy atom. The van der Waals surface area contributed by atoms with Gasteiger partial charge in [0.2, 0.25) is 5.91 Å². The van der Waals surface area contributed by atoms with Crippen LogP contribution in [0, 0.1) is 0 Å². The third-order valence-electron chi connectivity index (χ3n) is 5.09. The van der Waals surface area contributed by atoms with Gasteiger partial charge in [0.25, 0.3) is 0 Å². The maximum atomic E-state index is 12.9. The minimum Gasteiger partial charge on any atom is -0.478 e. The molecule has 0 saturated carbocycles. The Morgan fingerprint density at radius 1 is 0.970 bits per heavy atom. The van der Waals surface area contributed by atoms with Crippen LogP contribution in [0.15, 0.2) is 90.1 Å². The molecular formula is C26H23N3O3S. The van der Waals surface area contributed by atoms with Crippen molar-refractivity contribution in [3.63, 3.8) is 0 Å². The Labute approximate surface area is 196 Å². The van der Waals surface area contributed by atoms with E-state index >= 15 is 0 Å². The van der Waals surface area contributed by atoms with Gasteiger partial charge in [0, 0.05) is 16.8 Å². The molecule has 1 heterocycles. The number of aromatic nitrogens is 2. The van der Waals surface area contributed by atoms with Crippen molar-refractivity contribution in [1.29, 1.82) is 0 Å². The SMILES string of the molecule is CCC(Sc1nc(-c2ccccc2)c(-c2ccccc2)[nH]1)C(=O)Nc1cccc(C(=O)O)c1. The Morgan fingerprint density at radius 3 is 2.27 bits per heavy atom. The van der Waals surface area contributed by atoms with Gasteiger partial charge in [0.05, 0.1) is 22.2 Å². The van der Waals surface area contributed by atoms with E-state index in [0.717, 1.165) is 22.5 Å². The number of aromatic amines is 1. The second kappa shape index (κ2) is 10.2. The molecule has 166 valence electrons. The smallest absolute Gasteiger partial charge is 0.335 e. The van der Waals surface area contributed by atoms with E-state index in [-0.39, 0.29) is 11.5 Å². The van der Waals surface area contributed by atoms with Crippen LogP contribution >= 0.6 is 11.8 Å². The zero-order chi connectivity index (χ0) is 23.2. The summed E-state index contributed by atoms with van der Waals surface area (Å²) in [5.41, 5.74) is 4.30. The van der Waals surface area contributed by atoms with Gasteiger partial charge in [-0.05, 0) is 24.6 Å². The summed E-state index contributed by atoms with van der Waals surface area (Å²) < 4.78 is 0. The van der Waals surface area contributed by atoms with Gasteiger partial charge in [-0.3, -0.25) is 4.79 Å². The molecule has 0 radical (unpaired) electrons. The number of nitrogens with zero attached hydrogens (tertiary/aromatic N) is 1. The van der Waals surface area contributed by atoms with Crippen molar-refractivity contribution in [2.24, 2.45) is 0 Å². The van der Waals surface area contributed by atoms with Crippen LogP contribution in [0.2, 0.25) is 0 Å². The molecule has 0 aliphatic rings. The van der Waals surface area contributed by atoms with Gasteiger partial charge in [-0.25, -0.2) is 9.78 Å². The Hall–Kier alpha value is -3.84. The minimum absolute atomic E-state index is 0.125. The lowest BCUT2D eigenvalue weighted by atomic mass is 10.1. The maximum Gasteiger partial charge on any atom is 0.335 e. The van der Waals surface area contributed by atoms with Crippen LogP contribution in [-0.2, 0) is 4.79 Å². The van der Waals surface area contributed by atoms with Crippen LogP contribution < -0.4 is 5.32 Å². The van der Waals surface area contributed by atoms with E-state index in [1.807, 2.05) is 67.6 Å². The number of carboxylic acids is 1. The van der Waals surface area contributed by atoms with Crippen LogP contribution in [0.25, 0.3) is 22.5 Å². The molecule has 4 aromatic rings. The first-order valence-corrected chi connectivity index (χ1v) is 11.4. The zero-order valence-corrected chi connectivity index (χ0v) is 18.8. The molecule has 0 aliphatic heterocycles. The van der Waals surface area contributed by atoms with Gasteiger partial charge in [-0.15, -0.1) is 0 Å². The summed E-state index contributed by atoms with van der Waals surface area (Å²) in [5, 5.41) is 12.3. The Balaban J connectivity index is 1.59. The molecule has 0 spiro atoms. The number of amides is 1. The molecule has 33 heavy (non-hydrogen) atoms. The van der Waals surface area contributed by atoms with E-state index in [9.17, 15) is 14.7 Å². The quantitative estimate of drug-likeness (QED) is 0.284. The third-order valence-corrected chi connectivity index (χ3v) is 6.33. The van der Waals surface area contributed by atoms with Gasteiger partial charge >= 0.3 is 5.97 Å². The summed E-state index contributed by atoms with van der Waals surface area (Å²) in [6.45, 7) is 1.93. The van der Waals surface area contributed by atoms with E-state index < -0.39 is 11.2 Å². The molecule has 3 N–H and O–H groups in total. The molecule has 3 aromatic carbocycles. The number of rotatable bonds is 8. The van der Waals surface area contributed by atoms with E-state index in [0.29, 0.717) is 17.3 Å². The van der Waals surface area contributed by atoms with Crippen molar-refractivity contribution in [1.82, 2.24) is 9.97 Å². The normalized spacial score (nSPS) is 11.7. The molecule has 4 rings (SSSR count). The predicted molar refractivity (Wildman–Crippen MR) is 131 cm³/mol. The number of carboxylic acid groups (broad SMARTS) is 1. The van der Waals surface area contributed by atoms with Crippen molar-refractivity contribution < 1.29 is 14.7 Å². The number of carbonyl (C=O) groups is 2. The largest absolute Gasteiger partial charge is 0.478 e. The molecule has 1 unspecified atom stereocenters. The monoisotopic (exact) mass is 457 g/mol. The number of hydrogen-bond acceptors (Lipinski definition) is 4. The molecular weight excluding hydrogens is 434 g/mol. The van der Waals surface area contributed by atoms with Crippen molar-refractivity contribution in [2.75, 3.05) is 5.32 Å². The average molecular weight is 458 g/mol. The summed E-state index contributed by atoms with van der Waals surface area (Å²) >= 11 is 1.36. The first kappa shape index (κ1) is 22.4. The first-order chi connectivity index (χ1) is 16.0. The number of thioether (sulfide) groups is 1. The second-order valence-electron chi connectivity index (χ2n) is 7.39. The highest BCUT2D eigenvalue weighted by molar-refractivity contribution is 8.00. The molecule has 1 aromatic heterocycles. The van der Waals surface area contributed by atoms with Gasteiger partial charge in [0.1, 0.15) is 0 Å². The highest BCUT2D eigenvalue weighted by Gasteiger charge is 2.22. The second-order valence-corrected chi connectivity index (χ2v) is 8.58. The zero-order valence-electron chi connectivity index (χ0n) is 18.0. The number of H-pyrrole nitrogens is 1. The van der Waals surface area contributed by atoms with Crippen LogP contribution in [0.1, 0.15) is 23.7 Å². The van der Waals surface area contributed by atoms with Crippen molar-refractivity contribution in [3.8, 4) is 22.5 Å². The average Bonchev–Trinajstić information content (AvgIpc) is 3.27. The fourth-order valence-electron chi connectivity index (χ4n) is 3.44. The van der Waals surface area contributed by atoms with Gasteiger partial charge in [-0.1, -0.05) is 85.4 Å². The topological polar surface area (TPSA) is 95.1 Å². The minimum atomic E-state index is -1.04. The highest BCUT2D eigenvalue weighted by Crippen LogP contribution is 2.34. The number of imidazole rings is 1. The van der Waals surface area contributed by atoms with Crippen LogP contribution in [0.4, 0.5) is 5.69 Å². The molecule has 0 aliphatic carbocycles. The van der Waals surface area contributed by atoms with E-state index in [2.05, 4.69) is 10.3 Å². The van der Waals surface area contributed by atoms with E-state index in [1.54, 1.807) is 12.1 Å². The van der Waals surface area contributed by atoms with Crippen LogP contribution in [0.3, 0.4) is 0 Å². The number of hydrogen-bond donors (Lipinski definition) is 3. The van der Waals surface area contributed by atoms with Gasteiger partial charge < -0.3 is 15.4 Å². The number of aromatic carboxylic acids is 1. The summed E-state index contributed by atoms with van der Waals surface area (Å²) in [6, 6.07) is 26.1. The first-order valence-electron chi connectivity index (χ1n) is 10.6. The third kappa shape index (κ3) is 5.32. The maximum absolute atomic E-state index is 12.9. The highest BCUT2D eigenvalue weighted by atomic mass is 32.2. The fourth-order valence-corrected chi connectivity index (χ4v) is 4.34. The van der Waals surface area contributed by atoms with E-state index in [4.69, 9.17) is 4.98 Å². The fraction of sp³-hybridized carbons (Fsp3) is 0.115. The summed E-state index contributed by atoms with van der Waals surface area (Å²) in [7, 11) is 0. The Kier molecular flexibility index (Phi) is 6.90. The molecule has 6 nitrogen and oxygen atoms in total. The number of benzene rings is 3. The molecule has 7 heteroatoms. The lowest BCUT2D eigenvalue weighted by Gasteiger charge is -2.13. The molecule has 0 bridgehead atoms. The molecule has 1 atom stereocenters. The lowest BCUT2D eigenvalue weighted by Crippen LogP contribution is -2.24. The summed E-state index contributed by atoms with van der Waals surface area (Å²) in [6.07, 6.45) is 0.581. The van der Waals surface area contributed by atoms with Gasteiger partial charge in [-0.2, -0.15) is 0 Å². The predicted octanol–water partition coefficient (Wildman–Crippen LogP) is 5.95. The Bertz CT molecular complexity index is 1200. The molecule has 0 saturated heterocycles. The number of anilines is 1. The van der Waals surface area contributed by atoms with E-state index in [1.165, 1.54) is 23.9 Å². The number of carbonyl (C=O) groups excluding carboxylic acids is 1. The van der Waals surface area contributed by atoms with Crippen molar-refractivity contribution in [3.05, 3.63) is 90.5 Å². The summed E-state index contributed by atoms with van der Waals surface area (Å²) in [5.74, 6) is -1.24. The molecule has 1 amide bonds. The number of nitrogens with one attached hydrogen (secondary N) is 2. The van der Waals surface area contributed by atoms with Crippen LogP contribution in [-0.4, -0.2) is 32.2 Å². The van der Waals surface area contributed by atoms with Crippen molar-refractivity contribution >= 4 is 29.3 Å². The van der Waals surface area contributed by atoms with Crippen molar-refractivity contribution in [2.45, 2.75) is 23.8 Å². The van der Waals surface area contributed by atoms with Gasteiger partial charge in [0.15, 0.2) is 5.16 Å². The van der Waals surface area contributed by atoms with Crippen LogP contribution in [0.5, 0.6) is 0 Å².